The summed E-state index contributed by atoms with van der Waals surface area (Å²) in [6.45, 7) is 10.5. The Morgan fingerprint density at radius 3 is 2.70 bits per heavy atom. The number of benzene rings is 1. The van der Waals surface area contributed by atoms with Crippen molar-refractivity contribution in [3.8, 4) is 0 Å². The summed E-state index contributed by atoms with van der Waals surface area (Å²) in [6.07, 6.45) is 3.98. The van der Waals surface area contributed by atoms with Crippen LogP contribution in [0.3, 0.4) is 0 Å². The molecule has 2 nitrogen and oxygen atoms in total. The standard InChI is InChI=1S/C17H27BrN2/c1-17(2,3)14-7-5-10-20(11-9-14)12-13-6-4-8-15(19)16(13)18/h4,6,8,14H,5,7,9-12,19H2,1-3H3. The van der Waals surface area contributed by atoms with Crippen molar-refractivity contribution in [2.24, 2.45) is 11.3 Å². The summed E-state index contributed by atoms with van der Waals surface area (Å²) in [5, 5.41) is 0. The van der Waals surface area contributed by atoms with E-state index in [2.05, 4.69) is 47.7 Å². The molecule has 0 aliphatic carbocycles. The molecule has 1 aliphatic rings. The predicted molar refractivity (Wildman–Crippen MR) is 90.6 cm³/mol. The molecule has 0 amide bonds. The van der Waals surface area contributed by atoms with Gasteiger partial charge in [0, 0.05) is 16.7 Å². The third-order valence-corrected chi connectivity index (χ3v) is 5.52. The number of nitrogens with two attached hydrogens (primary N) is 1. The molecular formula is C17H27BrN2. The van der Waals surface area contributed by atoms with Crippen LogP contribution in [0.4, 0.5) is 5.69 Å². The minimum Gasteiger partial charge on any atom is -0.398 e. The molecule has 0 saturated carbocycles. The van der Waals surface area contributed by atoms with E-state index < -0.39 is 0 Å². The maximum absolute atomic E-state index is 5.97. The van der Waals surface area contributed by atoms with Crippen LogP contribution in [0.2, 0.25) is 0 Å². The lowest BCUT2D eigenvalue weighted by Crippen LogP contribution is -2.26. The van der Waals surface area contributed by atoms with Crippen molar-refractivity contribution in [1.29, 1.82) is 0 Å². The van der Waals surface area contributed by atoms with Gasteiger partial charge in [0.1, 0.15) is 0 Å². The van der Waals surface area contributed by atoms with Crippen molar-refractivity contribution in [3.63, 3.8) is 0 Å². The Kier molecular flexibility index (Phi) is 5.14. The minimum atomic E-state index is 0.438. The molecule has 20 heavy (non-hydrogen) atoms. The second-order valence-electron chi connectivity index (χ2n) is 7.09. The summed E-state index contributed by atoms with van der Waals surface area (Å²) < 4.78 is 1.07. The molecule has 1 fully saturated rings. The molecule has 0 radical (unpaired) electrons. The van der Waals surface area contributed by atoms with Gasteiger partial charge in [-0.2, -0.15) is 0 Å². The highest BCUT2D eigenvalue weighted by Crippen LogP contribution is 2.35. The molecule has 1 atom stereocenters. The molecule has 2 N–H and O–H groups in total. The number of nitrogens with zero attached hydrogens (tertiary/aromatic N) is 1. The molecule has 0 spiro atoms. The van der Waals surface area contributed by atoms with Crippen LogP contribution in [0, 0.1) is 11.3 Å². The normalized spacial score (nSPS) is 21.7. The van der Waals surface area contributed by atoms with Crippen molar-refractivity contribution >= 4 is 21.6 Å². The molecule has 112 valence electrons. The largest absolute Gasteiger partial charge is 0.398 e. The molecule has 1 aromatic rings. The molecule has 1 unspecified atom stereocenters. The number of likely N-dealkylation sites (tertiary alicyclic amines) is 1. The summed E-state index contributed by atoms with van der Waals surface area (Å²) in [7, 11) is 0. The number of hydrogen-bond acceptors (Lipinski definition) is 2. The van der Waals surface area contributed by atoms with Crippen molar-refractivity contribution in [3.05, 3.63) is 28.2 Å². The first-order chi connectivity index (χ1) is 9.38. The first-order valence-electron chi connectivity index (χ1n) is 7.63. The first kappa shape index (κ1) is 15.8. The predicted octanol–water partition coefficient (Wildman–Crippen LogP) is 4.68. The lowest BCUT2D eigenvalue weighted by atomic mass is 9.77. The fourth-order valence-corrected chi connectivity index (χ4v) is 3.53. The monoisotopic (exact) mass is 338 g/mol. The fraction of sp³-hybridized carbons (Fsp3) is 0.647. The van der Waals surface area contributed by atoms with Gasteiger partial charge < -0.3 is 5.73 Å². The molecular weight excluding hydrogens is 312 g/mol. The van der Waals surface area contributed by atoms with E-state index >= 15 is 0 Å². The van der Waals surface area contributed by atoms with Gasteiger partial charge >= 0.3 is 0 Å². The maximum atomic E-state index is 5.97. The first-order valence-corrected chi connectivity index (χ1v) is 8.42. The van der Waals surface area contributed by atoms with Crippen LogP contribution >= 0.6 is 15.9 Å². The van der Waals surface area contributed by atoms with Crippen LogP contribution in [0.1, 0.15) is 45.6 Å². The fourth-order valence-electron chi connectivity index (χ4n) is 3.14. The van der Waals surface area contributed by atoms with Crippen molar-refractivity contribution in [2.75, 3.05) is 18.8 Å². The van der Waals surface area contributed by atoms with E-state index in [0.717, 1.165) is 22.6 Å². The van der Waals surface area contributed by atoms with Gasteiger partial charge in [-0.3, -0.25) is 4.90 Å². The Morgan fingerprint density at radius 1 is 1.25 bits per heavy atom. The van der Waals surface area contributed by atoms with Crippen LogP contribution in [0.25, 0.3) is 0 Å². The van der Waals surface area contributed by atoms with E-state index in [1.165, 1.54) is 37.9 Å². The zero-order chi connectivity index (χ0) is 14.8. The SMILES string of the molecule is CC(C)(C)C1CCCN(Cc2cccc(N)c2Br)CC1. The van der Waals surface area contributed by atoms with Gasteiger partial charge in [0.15, 0.2) is 0 Å². The van der Waals surface area contributed by atoms with Crippen LogP contribution in [0.15, 0.2) is 22.7 Å². The highest BCUT2D eigenvalue weighted by atomic mass is 79.9. The lowest BCUT2D eigenvalue weighted by Gasteiger charge is -2.29. The van der Waals surface area contributed by atoms with Crippen LogP contribution < -0.4 is 5.73 Å². The Bertz CT molecular complexity index is 451. The zero-order valence-corrected chi connectivity index (χ0v) is 14.5. The van der Waals surface area contributed by atoms with E-state index in [1.54, 1.807) is 0 Å². The van der Waals surface area contributed by atoms with Crippen LogP contribution in [-0.2, 0) is 6.54 Å². The molecule has 1 heterocycles. The Balaban J connectivity index is 1.99. The second kappa shape index (κ2) is 6.48. The summed E-state index contributed by atoms with van der Waals surface area (Å²) in [5.74, 6) is 0.844. The van der Waals surface area contributed by atoms with Gasteiger partial charge in [0.25, 0.3) is 0 Å². The third-order valence-electron chi connectivity index (χ3n) is 4.55. The van der Waals surface area contributed by atoms with E-state index in [-0.39, 0.29) is 0 Å². The summed E-state index contributed by atoms with van der Waals surface area (Å²) >= 11 is 3.62. The summed E-state index contributed by atoms with van der Waals surface area (Å²) in [4.78, 5) is 2.57. The van der Waals surface area contributed by atoms with Gasteiger partial charge in [-0.15, -0.1) is 0 Å². The maximum Gasteiger partial charge on any atom is 0.0461 e. The minimum absolute atomic E-state index is 0.438. The van der Waals surface area contributed by atoms with Gasteiger partial charge in [-0.05, 0) is 71.2 Å². The van der Waals surface area contributed by atoms with Gasteiger partial charge in [-0.1, -0.05) is 32.9 Å². The van der Waals surface area contributed by atoms with Gasteiger partial charge in [0.2, 0.25) is 0 Å². The van der Waals surface area contributed by atoms with Crippen molar-refractivity contribution < 1.29 is 0 Å². The quantitative estimate of drug-likeness (QED) is 0.793. The Labute approximate surface area is 131 Å². The molecule has 2 rings (SSSR count). The third kappa shape index (κ3) is 3.98. The molecule has 1 aliphatic heterocycles. The van der Waals surface area contributed by atoms with E-state index in [0.29, 0.717) is 5.41 Å². The van der Waals surface area contributed by atoms with Gasteiger partial charge in [-0.25, -0.2) is 0 Å². The summed E-state index contributed by atoms with van der Waals surface area (Å²) in [6, 6.07) is 6.17. The number of rotatable bonds is 2. The number of anilines is 1. The Hall–Kier alpha value is -0.540. The molecule has 3 heteroatoms. The van der Waals surface area contributed by atoms with E-state index in [1.807, 2.05) is 12.1 Å². The second-order valence-corrected chi connectivity index (χ2v) is 7.88. The Morgan fingerprint density at radius 2 is 2.00 bits per heavy atom. The smallest absolute Gasteiger partial charge is 0.0461 e. The van der Waals surface area contributed by atoms with Crippen molar-refractivity contribution in [2.45, 2.75) is 46.6 Å². The lowest BCUT2D eigenvalue weighted by molar-refractivity contribution is 0.206. The molecule has 0 aromatic heterocycles. The molecule has 1 aromatic carbocycles. The van der Waals surface area contributed by atoms with E-state index in [4.69, 9.17) is 5.73 Å². The number of halogens is 1. The molecule has 1 saturated heterocycles. The van der Waals surface area contributed by atoms with Crippen molar-refractivity contribution in [1.82, 2.24) is 4.90 Å². The average molecular weight is 339 g/mol. The summed E-state index contributed by atoms with van der Waals surface area (Å²) in [5.41, 5.74) is 8.55. The number of nitrogen functional groups attached to an aromatic ring is 1. The number of hydrogen-bond donors (Lipinski definition) is 1. The highest BCUT2D eigenvalue weighted by Gasteiger charge is 2.27. The van der Waals surface area contributed by atoms with E-state index in [9.17, 15) is 0 Å². The van der Waals surface area contributed by atoms with Gasteiger partial charge in [0.05, 0.1) is 0 Å². The zero-order valence-electron chi connectivity index (χ0n) is 13.0. The molecule has 0 bridgehead atoms. The van der Waals surface area contributed by atoms with Crippen LogP contribution in [0.5, 0.6) is 0 Å². The van der Waals surface area contributed by atoms with Crippen LogP contribution in [-0.4, -0.2) is 18.0 Å². The highest BCUT2D eigenvalue weighted by molar-refractivity contribution is 9.10. The topological polar surface area (TPSA) is 29.3 Å². The average Bonchev–Trinajstić information content (AvgIpc) is 2.60.